The minimum absolute atomic E-state index is 0.00443. The molecule has 0 unspecified atom stereocenters. The molecule has 1 aliphatic rings. The number of thiophene rings is 1. The molecule has 8 nitrogen and oxygen atoms in total. The number of hydrogen-bond donors (Lipinski definition) is 2. The predicted molar refractivity (Wildman–Crippen MR) is 104 cm³/mol. The minimum atomic E-state index is -3.84. The first-order valence-corrected chi connectivity index (χ1v) is 10.6. The minimum Gasteiger partial charge on any atom is -0.504 e. The number of hydrogen-bond acceptors (Lipinski definition) is 8. The average Bonchev–Trinajstić information content (AvgIpc) is 3.26. The van der Waals surface area contributed by atoms with E-state index in [9.17, 15) is 18.3 Å². The van der Waals surface area contributed by atoms with Gasteiger partial charge in [-0.2, -0.15) is 0 Å². The molecule has 3 rings (SSSR count). The van der Waals surface area contributed by atoms with Crippen LogP contribution < -0.4 is 14.2 Å². The molecule has 2 aromatic rings. The van der Waals surface area contributed by atoms with E-state index >= 15 is 0 Å². The van der Waals surface area contributed by atoms with E-state index in [4.69, 9.17) is 14.2 Å². The molecule has 0 saturated carbocycles. The highest BCUT2D eigenvalue weighted by Crippen LogP contribution is 2.48. The molecule has 0 atom stereocenters. The van der Waals surface area contributed by atoms with E-state index in [-0.39, 0.29) is 39.5 Å². The molecule has 1 aliphatic heterocycles. The molecule has 2 heterocycles. The van der Waals surface area contributed by atoms with Gasteiger partial charge in [-0.1, -0.05) is 6.07 Å². The summed E-state index contributed by atoms with van der Waals surface area (Å²) < 4.78 is 43.3. The smallest absolute Gasteiger partial charge is 0.331 e. The van der Waals surface area contributed by atoms with Crippen LogP contribution in [0.15, 0.2) is 33.9 Å². The van der Waals surface area contributed by atoms with Crippen LogP contribution in [0, 0.1) is 0 Å². The zero-order valence-electron chi connectivity index (χ0n) is 15.4. The average molecular weight is 425 g/mol. The molecule has 10 heteroatoms. The molecule has 1 aromatic heterocycles. The Hall–Kier alpha value is -2.72. The summed E-state index contributed by atoms with van der Waals surface area (Å²) in [5.41, 5.74) is -0.415. The lowest BCUT2D eigenvalue weighted by atomic mass is 10.1. The van der Waals surface area contributed by atoms with Crippen LogP contribution >= 0.6 is 11.3 Å². The Morgan fingerprint density at radius 3 is 2.68 bits per heavy atom. The summed E-state index contributed by atoms with van der Waals surface area (Å²) in [5, 5.41) is 12.0. The largest absolute Gasteiger partial charge is 0.504 e. The fraction of sp³-hybridized carbons (Fsp3) is 0.278. The molecule has 0 spiro atoms. The lowest BCUT2D eigenvalue weighted by molar-refractivity contribution is -0.148. The molecule has 28 heavy (non-hydrogen) atoms. The third-order valence-electron chi connectivity index (χ3n) is 3.46. The van der Waals surface area contributed by atoms with E-state index in [1.165, 1.54) is 18.2 Å². The summed E-state index contributed by atoms with van der Waals surface area (Å²) in [5.74, 6) is -0.807. The Balaban J connectivity index is 1.95. The van der Waals surface area contributed by atoms with E-state index in [2.05, 4.69) is 4.72 Å². The lowest BCUT2D eigenvalue weighted by Gasteiger charge is -2.18. The maximum atomic E-state index is 12.5. The van der Waals surface area contributed by atoms with Crippen molar-refractivity contribution >= 4 is 39.1 Å². The highest BCUT2D eigenvalue weighted by atomic mass is 32.2. The molecular formula is C18H19NO7S2. The number of fused-ring (bicyclic) bond motifs is 1. The van der Waals surface area contributed by atoms with E-state index in [1.807, 2.05) is 0 Å². The van der Waals surface area contributed by atoms with Crippen LogP contribution in [0.3, 0.4) is 0 Å². The SMILES string of the molecule is CC(C)(C)OC(=O)/C=C/c1cc(NS(=O)(=O)c2cccs2)c2c(c1O)OCO2. The number of rotatable bonds is 5. The number of phenols is 1. The second-order valence-electron chi connectivity index (χ2n) is 6.83. The Morgan fingerprint density at radius 1 is 1.32 bits per heavy atom. The number of phenolic OH excluding ortho intramolecular Hbond substituents is 1. The molecule has 0 radical (unpaired) electrons. The summed E-state index contributed by atoms with van der Waals surface area (Å²) in [6.07, 6.45) is 2.45. The van der Waals surface area contributed by atoms with Gasteiger partial charge in [0, 0.05) is 11.6 Å². The van der Waals surface area contributed by atoms with E-state index in [0.717, 1.165) is 17.4 Å². The fourth-order valence-electron chi connectivity index (χ4n) is 2.38. The zero-order chi connectivity index (χ0) is 20.5. The van der Waals surface area contributed by atoms with Crippen molar-refractivity contribution in [2.45, 2.75) is 30.6 Å². The first-order valence-electron chi connectivity index (χ1n) is 8.20. The molecule has 150 valence electrons. The van der Waals surface area contributed by atoms with Crippen LogP contribution in [0.4, 0.5) is 5.69 Å². The molecule has 0 fully saturated rings. The first-order chi connectivity index (χ1) is 13.1. The highest BCUT2D eigenvalue weighted by Gasteiger charge is 2.28. The zero-order valence-corrected chi connectivity index (χ0v) is 17.0. The molecular weight excluding hydrogens is 406 g/mol. The lowest BCUT2D eigenvalue weighted by Crippen LogP contribution is -2.22. The van der Waals surface area contributed by atoms with Crippen molar-refractivity contribution in [2.75, 3.05) is 11.5 Å². The van der Waals surface area contributed by atoms with Crippen molar-refractivity contribution in [3.8, 4) is 17.2 Å². The van der Waals surface area contributed by atoms with E-state index in [1.54, 1.807) is 32.2 Å². The van der Waals surface area contributed by atoms with Gasteiger partial charge in [0.15, 0.2) is 11.5 Å². The van der Waals surface area contributed by atoms with Gasteiger partial charge in [-0.05, 0) is 44.4 Å². The normalized spacial score (nSPS) is 13.7. The standard InChI is InChI=1S/C18H19NO7S2/c1-18(2,3)26-13(20)7-6-11-9-12(16-17(15(11)21)25-10-24-16)19-28(22,23)14-5-4-8-27-14/h4-9,19,21H,10H2,1-3H3/b7-6+. The van der Waals surface area contributed by atoms with Gasteiger partial charge < -0.3 is 19.3 Å². The Bertz CT molecular complexity index is 1020. The van der Waals surface area contributed by atoms with Gasteiger partial charge in [-0.3, -0.25) is 4.72 Å². The monoisotopic (exact) mass is 425 g/mol. The molecule has 0 saturated heterocycles. The molecule has 0 amide bonds. The van der Waals surface area contributed by atoms with Crippen LogP contribution in [0.2, 0.25) is 0 Å². The summed E-state index contributed by atoms with van der Waals surface area (Å²) in [6.45, 7) is 5.02. The molecule has 2 N–H and O–H groups in total. The maximum absolute atomic E-state index is 12.5. The quantitative estimate of drug-likeness (QED) is 0.429. The second kappa shape index (κ2) is 7.36. The first kappa shape index (κ1) is 20.0. The van der Waals surface area contributed by atoms with Gasteiger partial charge in [0.1, 0.15) is 9.81 Å². The number of aromatic hydroxyl groups is 1. The summed E-state index contributed by atoms with van der Waals surface area (Å²) >= 11 is 1.06. The number of esters is 1. The van der Waals surface area contributed by atoms with Gasteiger partial charge in [0.25, 0.3) is 10.0 Å². The van der Waals surface area contributed by atoms with Crippen LogP contribution in [0.25, 0.3) is 6.08 Å². The summed E-state index contributed by atoms with van der Waals surface area (Å²) in [6, 6.07) is 4.44. The summed E-state index contributed by atoms with van der Waals surface area (Å²) in [4.78, 5) is 11.9. The number of ether oxygens (including phenoxy) is 3. The molecule has 0 bridgehead atoms. The van der Waals surface area contributed by atoms with Crippen LogP contribution in [-0.4, -0.2) is 31.9 Å². The van der Waals surface area contributed by atoms with Crippen LogP contribution in [-0.2, 0) is 19.6 Å². The van der Waals surface area contributed by atoms with Crippen molar-refractivity contribution in [3.63, 3.8) is 0 Å². The van der Waals surface area contributed by atoms with Gasteiger partial charge in [-0.25, -0.2) is 13.2 Å². The number of carbonyl (C=O) groups is 1. The Labute approximate surface area is 166 Å². The predicted octanol–water partition coefficient (Wildman–Crippen LogP) is 3.34. The van der Waals surface area contributed by atoms with Gasteiger partial charge in [0.2, 0.25) is 12.5 Å². The molecule has 0 aliphatic carbocycles. The maximum Gasteiger partial charge on any atom is 0.331 e. The van der Waals surface area contributed by atoms with Gasteiger partial charge >= 0.3 is 5.97 Å². The van der Waals surface area contributed by atoms with E-state index in [0.29, 0.717) is 0 Å². The highest BCUT2D eigenvalue weighted by molar-refractivity contribution is 7.94. The van der Waals surface area contributed by atoms with Crippen molar-refractivity contribution < 1.29 is 32.5 Å². The van der Waals surface area contributed by atoms with Crippen molar-refractivity contribution in [2.24, 2.45) is 0 Å². The van der Waals surface area contributed by atoms with E-state index < -0.39 is 21.6 Å². The third kappa shape index (κ3) is 4.39. The number of nitrogens with one attached hydrogen (secondary N) is 1. The molecule has 1 aromatic carbocycles. The number of anilines is 1. The fourth-order valence-corrected chi connectivity index (χ4v) is 4.43. The van der Waals surface area contributed by atoms with Crippen molar-refractivity contribution in [3.05, 3.63) is 35.2 Å². The second-order valence-corrected chi connectivity index (χ2v) is 9.69. The summed E-state index contributed by atoms with van der Waals surface area (Å²) in [7, 11) is -3.84. The van der Waals surface area contributed by atoms with Gasteiger partial charge in [0.05, 0.1) is 5.69 Å². The van der Waals surface area contributed by atoms with Crippen LogP contribution in [0.5, 0.6) is 17.2 Å². The Morgan fingerprint density at radius 2 is 2.04 bits per heavy atom. The number of carbonyl (C=O) groups excluding carboxylic acids is 1. The third-order valence-corrected chi connectivity index (χ3v) is 6.22. The number of sulfonamides is 1. The topological polar surface area (TPSA) is 111 Å². The van der Waals surface area contributed by atoms with Gasteiger partial charge in [-0.15, -0.1) is 11.3 Å². The van der Waals surface area contributed by atoms with Crippen molar-refractivity contribution in [1.82, 2.24) is 0 Å². The number of benzene rings is 1. The Kier molecular flexibility index (Phi) is 5.26. The van der Waals surface area contributed by atoms with Crippen LogP contribution in [0.1, 0.15) is 26.3 Å². The van der Waals surface area contributed by atoms with Crippen molar-refractivity contribution in [1.29, 1.82) is 0 Å².